The van der Waals surface area contributed by atoms with E-state index in [1.54, 1.807) is 13.8 Å². The smallest absolute Gasteiger partial charge is 0.462 e. The molecule has 0 aromatic rings. The second-order valence-corrected chi connectivity index (χ2v) is 4.96. The molecule has 24 heavy (non-hydrogen) atoms. The standard InChI is InChI=1S/C14H19O4.C5H5.Fe/c1-3-13(15)17-10-12(18-14(16)4-2)9-11-7-5-6-8-11;1-2-4-5-3-1;/h5-8,12H,3-4,9-10H2,1-2H3;1-5H;/q;;+2/t12-;;/m0../s1. The number of esters is 2. The fourth-order valence-corrected chi connectivity index (χ4v) is 1.83. The largest absolute Gasteiger partial charge is 2.00 e. The van der Waals surface area contributed by atoms with Crippen LogP contribution in [-0.2, 0) is 36.1 Å². The predicted molar refractivity (Wildman–Crippen MR) is 88.0 cm³/mol. The Kier molecular flexibility index (Phi) is 14.4. The van der Waals surface area contributed by atoms with Gasteiger partial charge >= 0.3 is 29.0 Å². The monoisotopic (exact) mass is 372 g/mol. The van der Waals surface area contributed by atoms with E-state index in [1.165, 1.54) is 0 Å². The molecule has 0 amide bonds. The first kappa shape index (κ1) is 23.5. The second kappa shape index (κ2) is 14.8. The van der Waals surface area contributed by atoms with Crippen molar-refractivity contribution in [2.24, 2.45) is 0 Å². The molecule has 0 spiro atoms. The van der Waals surface area contributed by atoms with Gasteiger partial charge in [0.2, 0.25) is 0 Å². The molecule has 10 radical (unpaired) electrons. The molecular weight excluding hydrogens is 348 g/mol. The van der Waals surface area contributed by atoms with Crippen LogP contribution >= 0.6 is 0 Å². The van der Waals surface area contributed by atoms with Crippen molar-refractivity contribution in [3.63, 3.8) is 0 Å². The first-order chi connectivity index (χ1) is 11.2. The van der Waals surface area contributed by atoms with Gasteiger partial charge in [-0.3, -0.25) is 9.59 Å². The molecule has 1 atom stereocenters. The Morgan fingerprint density at radius 2 is 1.38 bits per heavy atom. The molecule has 0 heterocycles. The molecule has 2 fully saturated rings. The van der Waals surface area contributed by atoms with E-state index in [0.29, 0.717) is 19.3 Å². The number of hydrogen-bond acceptors (Lipinski definition) is 4. The van der Waals surface area contributed by atoms with Gasteiger partial charge in [0.05, 0.1) is 0 Å². The number of rotatable bonds is 7. The molecule has 2 saturated carbocycles. The minimum atomic E-state index is -0.407. The van der Waals surface area contributed by atoms with E-state index in [2.05, 4.69) is 0 Å². The van der Waals surface area contributed by atoms with Crippen molar-refractivity contribution in [1.82, 2.24) is 0 Å². The molecule has 0 N–H and O–H groups in total. The van der Waals surface area contributed by atoms with Crippen LogP contribution in [0.5, 0.6) is 0 Å². The maximum atomic E-state index is 11.3. The maximum absolute atomic E-state index is 11.3. The van der Waals surface area contributed by atoms with E-state index >= 15 is 0 Å². The Morgan fingerprint density at radius 3 is 1.83 bits per heavy atom. The van der Waals surface area contributed by atoms with Crippen molar-refractivity contribution in [2.75, 3.05) is 6.61 Å². The van der Waals surface area contributed by atoms with Crippen LogP contribution in [0.4, 0.5) is 0 Å². The summed E-state index contributed by atoms with van der Waals surface area (Å²) in [7, 11) is 0. The topological polar surface area (TPSA) is 52.6 Å². The van der Waals surface area contributed by atoms with Crippen LogP contribution in [0.3, 0.4) is 0 Å². The van der Waals surface area contributed by atoms with Gasteiger partial charge in [-0.05, 0) is 70.1 Å². The van der Waals surface area contributed by atoms with Crippen molar-refractivity contribution < 1.29 is 36.1 Å². The van der Waals surface area contributed by atoms with Crippen LogP contribution in [0.25, 0.3) is 0 Å². The fourth-order valence-electron chi connectivity index (χ4n) is 1.83. The Bertz CT molecular complexity index is 329. The normalized spacial score (nSPS) is 18.1. The molecule has 5 heteroatoms. The summed E-state index contributed by atoms with van der Waals surface area (Å²) in [6, 6.07) is 0. The molecule has 2 rings (SSSR count). The van der Waals surface area contributed by atoms with Crippen molar-refractivity contribution in [3.05, 3.63) is 63.7 Å². The molecule has 130 valence electrons. The van der Waals surface area contributed by atoms with Crippen molar-refractivity contribution >= 4 is 11.9 Å². The summed E-state index contributed by atoms with van der Waals surface area (Å²) in [5.41, 5.74) is 0. The molecule has 0 aromatic heterocycles. The molecule has 2 aliphatic rings. The Hall–Kier alpha value is -0.541. The van der Waals surface area contributed by atoms with Crippen LogP contribution in [0.2, 0.25) is 0 Å². The van der Waals surface area contributed by atoms with Crippen molar-refractivity contribution in [2.45, 2.75) is 39.2 Å². The number of carbonyl (C=O) groups is 2. The van der Waals surface area contributed by atoms with Crippen LogP contribution < -0.4 is 0 Å². The van der Waals surface area contributed by atoms with Gasteiger partial charge in [-0.2, -0.15) is 0 Å². The zero-order valence-electron chi connectivity index (χ0n) is 14.1. The van der Waals surface area contributed by atoms with Crippen LogP contribution in [0.1, 0.15) is 33.1 Å². The fraction of sp³-hybridized carbons (Fsp3) is 0.368. The average Bonchev–Trinajstić information content (AvgIpc) is 3.27. The minimum Gasteiger partial charge on any atom is -0.462 e. The molecule has 0 aliphatic heterocycles. The number of ether oxygens (including phenoxy) is 2. The van der Waals surface area contributed by atoms with Gasteiger partial charge in [0.1, 0.15) is 12.7 Å². The Labute approximate surface area is 157 Å². The zero-order chi connectivity index (χ0) is 16.9. The van der Waals surface area contributed by atoms with Gasteiger partial charge in [0, 0.05) is 12.8 Å². The van der Waals surface area contributed by atoms with Gasteiger partial charge in [-0.25, -0.2) is 0 Å². The Balaban J connectivity index is 0.000000751. The van der Waals surface area contributed by atoms with Gasteiger partial charge in [-0.1, -0.05) is 13.8 Å². The summed E-state index contributed by atoms with van der Waals surface area (Å²) < 4.78 is 10.3. The predicted octanol–water partition coefficient (Wildman–Crippen LogP) is 3.08. The average molecular weight is 372 g/mol. The summed E-state index contributed by atoms with van der Waals surface area (Å²) in [4.78, 5) is 22.4. The first-order valence-corrected chi connectivity index (χ1v) is 7.88. The van der Waals surface area contributed by atoms with E-state index in [1.807, 2.05) is 57.8 Å². The van der Waals surface area contributed by atoms with Crippen LogP contribution in [0, 0.1) is 63.7 Å². The van der Waals surface area contributed by atoms with Gasteiger partial charge in [-0.15, -0.1) is 0 Å². The molecule has 4 nitrogen and oxygen atoms in total. The molecule has 0 aromatic carbocycles. The molecule has 0 unspecified atom stereocenters. The Morgan fingerprint density at radius 1 is 0.875 bits per heavy atom. The van der Waals surface area contributed by atoms with Gasteiger partial charge < -0.3 is 9.47 Å². The van der Waals surface area contributed by atoms with E-state index < -0.39 is 6.10 Å². The number of carbonyl (C=O) groups excluding carboxylic acids is 2. The van der Waals surface area contributed by atoms with Gasteiger partial charge in [0.25, 0.3) is 0 Å². The summed E-state index contributed by atoms with van der Waals surface area (Å²) >= 11 is 0. The third-order valence-corrected chi connectivity index (χ3v) is 3.06. The van der Waals surface area contributed by atoms with E-state index in [-0.39, 0.29) is 35.6 Å². The van der Waals surface area contributed by atoms with Crippen molar-refractivity contribution in [1.29, 1.82) is 0 Å². The number of hydrogen-bond donors (Lipinski definition) is 0. The molecule has 0 saturated heterocycles. The van der Waals surface area contributed by atoms with Crippen LogP contribution in [-0.4, -0.2) is 24.6 Å². The minimum absolute atomic E-state index is 0. The van der Waals surface area contributed by atoms with Crippen molar-refractivity contribution in [3.8, 4) is 0 Å². The van der Waals surface area contributed by atoms with E-state index in [9.17, 15) is 9.59 Å². The first-order valence-electron chi connectivity index (χ1n) is 7.88. The third-order valence-electron chi connectivity index (χ3n) is 3.06. The second-order valence-electron chi connectivity index (χ2n) is 4.96. The maximum Gasteiger partial charge on any atom is 2.00 e. The zero-order valence-corrected chi connectivity index (χ0v) is 15.2. The molecule has 2 aliphatic carbocycles. The van der Waals surface area contributed by atoms with E-state index in [0.717, 1.165) is 5.92 Å². The summed E-state index contributed by atoms with van der Waals surface area (Å²) in [6.45, 7) is 3.58. The third kappa shape index (κ3) is 11.1. The SMILES string of the molecule is CCC(=O)OC[C@H](C[C]1[CH][CH][CH][CH]1)OC(=O)CC.[CH]1[CH][CH][CH][CH]1.[Fe+2]. The van der Waals surface area contributed by atoms with E-state index in [4.69, 9.17) is 9.47 Å². The quantitative estimate of drug-likeness (QED) is 0.509. The van der Waals surface area contributed by atoms with Gasteiger partial charge in [0.15, 0.2) is 0 Å². The van der Waals surface area contributed by atoms with Crippen LogP contribution in [0.15, 0.2) is 0 Å². The summed E-state index contributed by atoms with van der Waals surface area (Å²) in [5, 5.41) is 0. The molecule has 0 bridgehead atoms. The molecular formula is C19H24FeO4+2. The summed E-state index contributed by atoms with van der Waals surface area (Å²) in [6.07, 6.45) is 18.6. The summed E-state index contributed by atoms with van der Waals surface area (Å²) in [5.74, 6) is 0.505.